The van der Waals surface area contributed by atoms with E-state index in [-0.39, 0.29) is 6.04 Å². The maximum atomic E-state index is 5.85. The molecule has 1 aromatic heterocycles. The molecule has 1 aromatic rings. The van der Waals surface area contributed by atoms with Crippen molar-refractivity contribution < 1.29 is 0 Å². The van der Waals surface area contributed by atoms with E-state index in [9.17, 15) is 0 Å². The minimum Gasteiger partial charge on any atom is -0.330 e. The molecule has 0 amide bonds. The van der Waals surface area contributed by atoms with E-state index in [0.29, 0.717) is 6.54 Å². The molecular weight excluding hydrogens is 218 g/mol. The number of pyridine rings is 1. The lowest BCUT2D eigenvalue weighted by atomic mass is 10.1. The van der Waals surface area contributed by atoms with Crippen LogP contribution in [0.1, 0.15) is 18.0 Å². The van der Waals surface area contributed by atoms with Gasteiger partial charge in [-0.05, 0) is 46.6 Å². The molecule has 0 bridgehead atoms. The molecule has 0 aliphatic rings. The van der Waals surface area contributed by atoms with Crippen LogP contribution in [0, 0.1) is 0 Å². The van der Waals surface area contributed by atoms with Crippen molar-refractivity contribution in [2.24, 2.45) is 11.5 Å². The fourth-order valence-electron chi connectivity index (χ4n) is 0.994. The Morgan fingerprint density at radius 1 is 1.58 bits per heavy atom. The van der Waals surface area contributed by atoms with Crippen molar-refractivity contribution >= 4 is 15.9 Å². The predicted molar refractivity (Wildman–Crippen MR) is 52.5 cm³/mol. The first-order chi connectivity index (χ1) is 5.74. The van der Waals surface area contributed by atoms with Crippen molar-refractivity contribution in [3.63, 3.8) is 0 Å². The lowest BCUT2D eigenvalue weighted by Crippen LogP contribution is -2.15. The van der Waals surface area contributed by atoms with E-state index in [2.05, 4.69) is 20.9 Å². The van der Waals surface area contributed by atoms with E-state index in [1.54, 1.807) is 6.20 Å². The largest absolute Gasteiger partial charge is 0.330 e. The van der Waals surface area contributed by atoms with E-state index in [4.69, 9.17) is 11.5 Å². The van der Waals surface area contributed by atoms with Gasteiger partial charge < -0.3 is 11.5 Å². The Morgan fingerprint density at radius 2 is 2.33 bits per heavy atom. The first-order valence-corrected chi connectivity index (χ1v) is 4.60. The highest BCUT2D eigenvalue weighted by molar-refractivity contribution is 9.10. The highest BCUT2D eigenvalue weighted by Crippen LogP contribution is 2.15. The van der Waals surface area contributed by atoms with Crippen molar-refractivity contribution in [1.29, 1.82) is 0 Å². The molecule has 4 N–H and O–H groups in total. The second kappa shape index (κ2) is 4.54. The molecule has 0 radical (unpaired) electrons. The Labute approximate surface area is 80.3 Å². The highest BCUT2D eigenvalue weighted by Gasteiger charge is 2.04. The molecule has 0 spiro atoms. The van der Waals surface area contributed by atoms with Gasteiger partial charge in [-0.2, -0.15) is 0 Å². The monoisotopic (exact) mass is 229 g/mol. The molecule has 1 heterocycles. The maximum Gasteiger partial charge on any atom is 0.106 e. The average molecular weight is 230 g/mol. The van der Waals surface area contributed by atoms with Gasteiger partial charge in [0.2, 0.25) is 0 Å². The topological polar surface area (TPSA) is 64.9 Å². The molecule has 3 nitrogen and oxygen atoms in total. The van der Waals surface area contributed by atoms with Gasteiger partial charge in [0.25, 0.3) is 0 Å². The van der Waals surface area contributed by atoms with Crippen LogP contribution in [-0.4, -0.2) is 11.5 Å². The summed E-state index contributed by atoms with van der Waals surface area (Å²) in [5.41, 5.74) is 12.3. The SMILES string of the molecule is NCCC(N)c1ccnc(Br)c1. The summed E-state index contributed by atoms with van der Waals surface area (Å²) in [6.45, 7) is 0.612. The number of hydrogen-bond donors (Lipinski definition) is 2. The predicted octanol–water partition coefficient (Wildman–Crippen LogP) is 1.19. The van der Waals surface area contributed by atoms with Crippen molar-refractivity contribution in [2.75, 3.05) is 6.54 Å². The molecule has 4 heteroatoms. The first kappa shape index (κ1) is 9.64. The van der Waals surface area contributed by atoms with Gasteiger partial charge in [0.15, 0.2) is 0 Å². The van der Waals surface area contributed by atoms with Crippen LogP contribution >= 0.6 is 15.9 Å². The zero-order valence-corrected chi connectivity index (χ0v) is 8.29. The van der Waals surface area contributed by atoms with Crippen LogP contribution in [0.25, 0.3) is 0 Å². The number of aromatic nitrogens is 1. The van der Waals surface area contributed by atoms with Gasteiger partial charge in [0, 0.05) is 12.2 Å². The van der Waals surface area contributed by atoms with Crippen LogP contribution in [0.2, 0.25) is 0 Å². The fourth-order valence-corrected chi connectivity index (χ4v) is 1.38. The van der Waals surface area contributed by atoms with Crippen molar-refractivity contribution in [2.45, 2.75) is 12.5 Å². The number of hydrogen-bond acceptors (Lipinski definition) is 3. The lowest BCUT2D eigenvalue weighted by molar-refractivity contribution is 0.660. The molecule has 0 aliphatic carbocycles. The van der Waals surface area contributed by atoms with Crippen molar-refractivity contribution in [3.05, 3.63) is 28.5 Å². The average Bonchev–Trinajstić information content (AvgIpc) is 2.05. The van der Waals surface area contributed by atoms with Crippen molar-refractivity contribution in [1.82, 2.24) is 4.98 Å². The number of rotatable bonds is 3. The summed E-state index contributed by atoms with van der Waals surface area (Å²) in [7, 11) is 0. The third kappa shape index (κ3) is 2.55. The first-order valence-electron chi connectivity index (χ1n) is 3.81. The van der Waals surface area contributed by atoms with Gasteiger partial charge in [-0.1, -0.05) is 0 Å². The molecule has 1 atom stereocenters. The molecule has 1 rings (SSSR count). The lowest BCUT2D eigenvalue weighted by Gasteiger charge is -2.09. The van der Waals surface area contributed by atoms with Crippen LogP contribution in [0.4, 0.5) is 0 Å². The Hall–Kier alpha value is -0.450. The normalized spacial score (nSPS) is 12.9. The summed E-state index contributed by atoms with van der Waals surface area (Å²) in [4.78, 5) is 4.01. The molecule has 12 heavy (non-hydrogen) atoms. The molecule has 0 saturated carbocycles. The van der Waals surface area contributed by atoms with Gasteiger partial charge in [-0.15, -0.1) is 0 Å². The molecule has 1 unspecified atom stereocenters. The standard InChI is InChI=1S/C8H12BrN3/c9-8-5-6(2-4-12-8)7(11)1-3-10/h2,4-5,7H,1,3,10-11H2. The second-order valence-electron chi connectivity index (χ2n) is 2.60. The zero-order valence-electron chi connectivity index (χ0n) is 6.70. The Morgan fingerprint density at radius 3 is 2.92 bits per heavy atom. The van der Waals surface area contributed by atoms with Gasteiger partial charge in [-0.3, -0.25) is 0 Å². The van der Waals surface area contributed by atoms with Crippen LogP contribution in [0.5, 0.6) is 0 Å². The zero-order chi connectivity index (χ0) is 8.97. The van der Waals surface area contributed by atoms with Gasteiger partial charge in [0.1, 0.15) is 4.60 Å². The molecule has 0 aliphatic heterocycles. The van der Waals surface area contributed by atoms with E-state index < -0.39 is 0 Å². The van der Waals surface area contributed by atoms with Crippen LogP contribution < -0.4 is 11.5 Å². The van der Waals surface area contributed by atoms with Gasteiger partial charge in [-0.25, -0.2) is 4.98 Å². The quantitative estimate of drug-likeness (QED) is 0.766. The molecule has 66 valence electrons. The Kier molecular flexibility index (Phi) is 3.65. The van der Waals surface area contributed by atoms with Crippen LogP contribution in [0.15, 0.2) is 22.9 Å². The van der Waals surface area contributed by atoms with E-state index >= 15 is 0 Å². The number of halogens is 1. The summed E-state index contributed by atoms with van der Waals surface area (Å²) in [5, 5.41) is 0. The summed E-state index contributed by atoms with van der Waals surface area (Å²) in [5.74, 6) is 0. The van der Waals surface area contributed by atoms with E-state index in [0.717, 1.165) is 16.6 Å². The third-order valence-electron chi connectivity index (χ3n) is 1.66. The highest BCUT2D eigenvalue weighted by atomic mass is 79.9. The van der Waals surface area contributed by atoms with Crippen LogP contribution in [-0.2, 0) is 0 Å². The minimum atomic E-state index is 0.0225. The molecule has 0 fully saturated rings. The van der Waals surface area contributed by atoms with Gasteiger partial charge >= 0.3 is 0 Å². The molecular formula is C8H12BrN3. The Balaban J connectivity index is 2.73. The summed E-state index contributed by atoms with van der Waals surface area (Å²) < 4.78 is 0.812. The third-order valence-corrected chi connectivity index (χ3v) is 2.09. The minimum absolute atomic E-state index is 0.0225. The second-order valence-corrected chi connectivity index (χ2v) is 3.41. The number of nitrogens with zero attached hydrogens (tertiary/aromatic N) is 1. The Bertz CT molecular complexity index is 252. The summed E-state index contributed by atoms with van der Waals surface area (Å²) in [6, 6.07) is 3.85. The number of nitrogens with two attached hydrogens (primary N) is 2. The fraction of sp³-hybridized carbons (Fsp3) is 0.375. The summed E-state index contributed by atoms with van der Waals surface area (Å²) >= 11 is 3.28. The smallest absolute Gasteiger partial charge is 0.106 e. The van der Waals surface area contributed by atoms with Crippen LogP contribution in [0.3, 0.4) is 0 Å². The molecule has 0 aromatic carbocycles. The maximum absolute atomic E-state index is 5.85. The summed E-state index contributed by atoms with van der Waals surface area (Å²) in [6.07, 6.45) is 2.53. The van der Waals surface area contributed by atoms with E-state index in [1.807, 2.05) is 12.1 Å². The molecule has 0 saturated heterocycles. The van der Waals surface area contributed by atoms with Crippen molar-refractivity contribution in [3.8, 4) is 0 Å². The van der Waals surface area contributed by atoms with E-state index in [1.165, 1.54) is 0 Å². The van der Waals surface area contributed by atoms with Gasteiger partial charge in [0.05, 0.1) is 0 Å².